The van der Waals surface area contributed by atoms with Crippen molar-refractivity contribution in [1.82, 2.24) is 9.97 Å². The summed E-state index contributed by atoms with van der Waals surface area (Å²) in [4.78, 5) is 8.22. The minimum absolute atomic E-state index is 0.584. The van der Waals surface area contributed by atoms with E-state index in [0.29, 0.717) is 5.15 Å². The van der Waals surface area contributed by atoms with Crippen LogP contribution in [0.5, 0.6) is 0 Å². The fourth-order valence-electron chi connectivity index (χ4n) is 1.70. The first-order valence-electron chi connectivity index (χ1n) is 4.91. The normalized spacial score (nSPS) is 17.6. The van der Waals surface area contributed by atoms with E-state index >= 15 is 0 Å². The summed E-state index contributed by atoms with van der Waals surface area (Å²) in [5.41, 5.74) is 1.02. The second-order valence-corrected chi connectivity index (χ2v) is 5.27. The molecule has 1 aliphatic carbocycles. The van der Waals surface area contributed by atoms with Crippen LogP contribution in [0.25, 0.3) is 0 Å². The quantitative estimate of drug-likeness (QED) is 0.725. The number of aromatic nitrogens is 2. The third-order valence-electron chi connectivity index (χ3n) is 2.56. The summed E-state index contributed by atoms with van der Waals surface area (Å²) in [6, 6.07) is 0. The molecule has 0 unspecified atom stereocenters. The van der Waals surface area contributed by atoms with Crippen molar-refractivity contribution >= 4 is 23.4 Å². The Hall–Kier alpha value is -0.280. The molecular formula is C10H13ClN2S. The molecule has 1 aromatic heterocycles. The standard InChI is InChI=1S/C10H13ClN2S/c1-7-9(11)12-6-13-10(7)14-8-4-2-3-5-8/h6,8H,2-5H2,1H3. The lowest BCUT2D eigenvalue weighted by molar-refractivity contribution is 0.886. The molecule has 0 saturated heterocycles. The first kappa shape index (κ1) is 10.2. The fraction of sp³-hybridized carbons (Fsp3) is 0.600. The van der Waals surface area contributed by atoms with Crippen molar-refractivity contribution in [2.24, 2.45) is 0 Å². The van der Waals surface area contributed by atoms with Crippen LogP contribution < -0.4 is 0 Å². The van der Waals surface area contributed by atoms with Gasteiger partial charge >= 0.3 is 0 Å². The van der Waals surface area contributed by atoms with E-state index in [4.69, 9.17) is 11.6 Å². The molecule has 14 heavy (non-hydrogen) atoms. The second kappa shape index (κ2) is 4.49. The Morgan fingerprint density at radius 3 is 2.79 bits per heavy atom. The molecule has 1 aromatic rings. The highest BCUT2D eigenvalue weighted by atomic mass is 35.5. The van der Waals surface area contributed by atoms with Crippen molar-refractivity contribution in [3.05, 3.63) is 17.0 Å². The number of rotatable bonds is 2. The van der Waals surface area contributed by atoms with Crippen LogP contribution >= 0.6 is 23.4 Å². The first-order chi connectivity index (χ1) is 6.77. The van der Waals surface area contributed by atoms with Crippen molar-refractivity contribution in [3.63, 3.8) is 0 Å². The number of halogens is 1. The number of hydrogen-bond donors (Lipinski definition) is 0. The average Bonchev–Trinajstić information content (AvgIpc) is 2.66. The number of nitrogens with zero attached hydrogens (tertiary/aromatic N) is 2. The maximum atomic E-state index is 5.93. The highest BCUT2D eigenvalue weighted by Crippen LogP contribution is 2.35. The lowest BCUT2D eigenvalue weighted by Gasteiger charge is -2.09. The van der Waals surface area contributed by atoms with Gasteiger partial charge < -0.3 is 0 Å². The lowest BCUT2D eigenvalue weighted by Crippen LogP contribution is -1.97. The number of thioether (sulfide) groups is 1. The van der Waals surface area contributed by atoms with Gasteiger partial charge in [-0.1, -0.05) is 24.4 Å². The van der Waals surface area contributed by atoms with Gasteiger partial charge in [0.1, 0.15) is 16.5 Å². The molecule has 1 saturated carbocycles. The SMILES string of the molecule is Cc1c(Cl)ncnc1SC1CCCC1. The van der Waals surface area contributed by atoms with Crippen molar-refractivity contribution in [3.8, 4) is 0 Å². The maximum Gasteiger partial charge on any atom is 0.136 e. The van der Waals surface area contributed by atoms with Gasteiger partial charge in [0.2, 0.25) is 0 Å². The average molecular weight is 229 g/mol. The van der Waals surface area contributed by atoms with E-state index in [0.717, 1.165) is 15.8 Å². The van der Waals surface area contributed by atoms with E-state index in [2.05, 4.69) is 9.97 Å². The molecule has 1 aliphatic rings. The molecule has 0 bridgehead atoms. The van der Waals surface area contributed by atoms with Crippen LogP contribution in [0.15, 0.2) is 11.4 Å². The molecule has 4 heteroatoms. The van der Waals surface area contributed by atoms with Gasteiger partial charge in [-0.3, -0.25) is 0 Å². The Labute approximate surface area is 93.5 Å². The molecule has 0 spiro atoms. The topological polar surface area (TPSA) is 25.8 Å². The molecule has 0 aromatic carbocycles. The lowest BCUT2D eigenvalue weighted by atomic mass is 10.4. The summed E-state index contributed by atoms with van der Waals surface area (Å²) >= 11 is 7.79. The molecule has 0 amide bonds. The Morgan fingerprint density at radius 2 is 2.07 bits per heavy atom. The summed E-state index contributed by atoms with van der Waals surface area (Å²) in [5.74, 6) is 0. The first-order valence-corrected chi connectivity index (χ1v) is 6.17. The van der Waals surface area contributed by atoms with E-state index < -0.39 is 0 Å². The molecule has 1 heterocycles. The van der Waals surface area contributed by atoms with Gasteiger partial charge in [0, 0.05) is 10.8 Å². The van der Waals surface area contributed by atoms with Gasteiger partial charge in [0.25, 0.3) is 0 Å². The largest absolute Gasteiger partial charge is 0.230 e. The van der Waals surface area contributed by atoms with Crippen molar-refractivity contribution in [2.45, 2.75) is 42.9 Å². The van der Waals surface area contributed by atoms with Crippen LogP contribution in [0.3, 0.4) is 0 Å². The molecule has 0 N–H and O–H groups in total. The van der Waals surface area contributed by atoms with Gasteiger partial charge in [-0.15, -0.1) is 11.8 Å². The van der Waals surface area contributed by atoms with Gasteiger partial charge in [-0.25, -0.2) is 9.97 Å². The molecule has 0 atom stereocenters. The summed E-state index contributed by atoms with van der Waals surface area (Å²) in [7, 11) is 0. The van der Waals surface area contributed by atoms with Gasteiger partial charge in [-0.2, -0.15) is 0 Å². The third-order valence-corrected chi connectivity index (χ3v) is 4.38. The Balaban J connectivity index is 2.11. The Kier molecular flexibility index (Phi) is 3.29. The molecule has 76 valence electrons. The smallest absolute Gasteiger partial charge is 0.136 e. The summed E-state index contributed by atoms with van der Waals surface area (Å²) in [6.07, 6.45) is 6.88. The maximum absolute atomic E-state index is 5.93. The van der Waals surface area contributed by atoms with Crippen molar-refractivity contribution in [2.75, 3.05) is 0 Å². The van der Waals surface area contributed by atoms with Crippen molar-refractivity contribution in [1.29, 1.82) is 0 Å². The monoisotopic (exact) mass is 228 g/mol. The minimum Gasteiger partial charge on any atom is -0.230 e. The fourth-order valence-corrected chi connectivity index (χ4v) is 3.15. The van der Waals surface area contributed by atoms with Crippen LogP contribution in [-0.2, 0) is 0 Å². The van der Waals surface area contributed by atoms with Gasteiger partial charge in [0.05, 0.1) is 0 Å². The van der Waals surface area contributed by atoms with Gasteiger partial charge in [-0.05, 0) is 19.8 Å². The highest BCUT2D eigenvalue weighted by Gasteiger charge is 2.18. The van der Waals surface area contributed by atoms with E-state index in [9.17, 15) is 0 Å². The highest BCUT2D eigenvalue weighted by molar-refractivity contribution is 7.99. The molecule has 1 fully saturated rings. The van der Waals surface area contributed by atoms with E-state index in [1.165, 1.54) is 25.7 Å². The second-order valence-electron chi connectivity index (χ2n) is 3.62. The van der Waals surface area contributed by atoms with Crippen LogP contribution in [0.4, 0.5) is 0 Å². The predicted molar refractivity (Wildman–Crippen MR) is 59.9 cm³/mol. The third kappa shape index (κ3) is 2.20. The van der Waals surface area contributed by atoms with Crippen LogP contribution in [0.2, 0.25) is 5.15 Å². The zero-order chi connectivity index (χ0) is 9.97. The summed E-state index contributed by atoms with van der Waals surface area (Å²) in [5, 5.41) is 2.37. The van der Waals surface area contributed by atoms with Crippen LogP contribution in [-0.4, -0.2) is 15.2 Å². The number of hydrogen-bond acceptors (Lipinski definition) is 3. The summed E-state index contributed by atoms with van der Waals surface area (Å²) in [6.45, 7) is 1.99. The van der Waals surface area contributed by atoms with Crippen LogP contribution in [0, 0.1) is 6.92 Å². The molecule has 0 radical (unpaired) electrons. The van der Waals surface area contributed by atoms with E-state index in [1.54, 1.807) is 6.33 Å². The molecule has 0 aliphatic heterocycles. The summed E-state index contributed by atoms with van der Waals surface area (Å²) < 4.78 is 0. The predicted octanol–water partition coefficient (Wildman–Crippen LogP) is 3.47. The van der Waals surface area contributed by atoms with Crippen LogP contribution in [0.1, 0.15) is 31.2 Å². The zero-order valence-corrected chi connectivity index (χ0v) is 9.74. The molecule has 2 nitrogen and oxygen atoms in total. The molecule has 2 rings (SSSR count). The minimum atomic E-state index is 0.584. The molecular weight excluding hydrogens is 216 g/mol. The Bertz CT molecular complexity index is 324. The van der Waals surface area contributed by atoms with E-state index in [-0.39, 0.29) is 0 Å². The van der Waals surface area contributed by atoms with Crippen molar-refractivity contribution < 1.29 is 0 Å². The van der Waals surface area contributed by atoms with Gasteiger partial charge in [0.15, 0.2) is 0 Å². The zero-order valence-electron chi connectivity index (χ0n) is 8.16. The van der Waals surface area contributed by atoms with E-state index in [1.807, 2.05) is 18.7 Å². The Morgan fingerprint density at radius 1 is 1.36 bits per heavy atom.